The highest BCUT2D eigenvalue weighted by atomic mass is 15.2. The minimum Gasteiger partial charge on any atom is -0.357 e. The van der Waals surface area contributed by atoms with Crippen molar-refractivity contribution in [3.05, 3.63) is 35.5 Å². The number of nitriles is 1. The second-order valence-corrected chi connectivity index (χ2v) is 5.41. The maximum absolute atomic E-state index is 9.39. The number of H-pyrrole nitrogens is 1. The van der Waals surface area contributed by atoms with Crippen LogP contribution in [0.25, 0.3) is 10.9 Å². The molecule has 2 aromatic rings. The maximum atomic E-state index is 9.39. The van der Waals surface area contributed by atoms with Gasteiger partial charge in [-0.05, 0) is 24.5 Å². The van der Waals surface area contributed by atoms with Crippen LogP contribution in [0.2, 0.25) is 0 Å². The SMILES string of the molecule is N#CC1CN(C2CC2)Cc2c1[nH]c1ccccc21. The lowest BCUT2D eigenvalue weighted by Crippen LogP contribution is -2.34. The van der Waals surface area contributed by atoms with E-state index in [1.807, 2.05) is 6.07 Å². The van der Waals surface area contributed by atoms with Gasteiger partial charge in [0.1, 0.15) is 0 Å². The zero-order chi connectivity index (χ0) is 12.1. The van der Waals surface area contributed by atoms with Gasteiger partial charge in [-0.1, -0.05) is 18.2 Å². The molecule has 0 amide bonds. The third kappa shape index (κ3) is 1.39. The fourth-order valence-electron chi connectivity index (χ4n) is 3.11. The van der Waals surface area contributed by atoms with E-state index in [1.165, 1.54) is 29.3 Å². The average molecular weight is 237 g/mol. The smallest absolute Gasteiger partial charge is 0.0992 e. The Hall–Kier alpha value is -1.79. The van der Waals surface area contributed by atoms with Gasteiger partial charge in [0, 0.05) is 35.7 Å². The van der Waals surface area contributed by atoms with Gasteiger partial charge < -0.3 is 4.98 Å². The summed E-state index contributed by atoms with van der Waals surface area (Å²) in [5.41, 5.74) is 3.66. The number of rotatable bonds is 1. The van der Waals surface area contributed by atoms with Crippen molar-refractivity contribution < 1.29 is 0 Å². The van der Waals surface area contributed by atoms with Gasteiger partial charge in [-0.15, -0.1) is 0 Å². The highest BCUT2D eigenvalue weighted by Crippen LogP contribution is 2.38. The standard InChI is InChI=1S/C15H15N3/c16-7-10-8-18(11-5-6-11)9-13-12-3-1-2-4-14(12)17-15(10)13/h1-4,10-11,17H,5-6,8-9H2. The summed E-state index contributed by atoms with van der Waals surface area (Å²) >= 11 is 0. The van der Waals surface area contributed by atoms with Crippen LogP contribution >= 0.6 is 0 Å². The van der Waals surface area contributed by atoms with E-state index >= 15 is 0 Å². The van der Waals surface area contributed by atoms with Crippen LogP contribution in [0.1, 0.15) is 30.0 Å². The molecule has 3 heteroatoms. The molecule has 2 aliphatic rings. The second-order valence-electron chi connectivity index (χ2n) is 5.41. The molecule has 0 bridgehead atoms. The van der Waals surface area contributed by atoms with Crippen molar-refractivity contribution in [3.63, 3.8) is 0 Å². The molecule has 0 radical (unpaired) electrons. The lowest BCUT2D eigenvalue weighted by Gasteiger charge is -2.29. The molecule has 3 nitrogen and oxygen atoms in total. The molecule has 1 aliphatic carbocycles. The molecule has 2 heterocycles. The molecular weight excluding hydrogens is 222 g/mol. The predicted molar refractivity (Wildman–Crippen MR) is 70.1 cm³/mol. The van der Waals surface area contributed by atoms with Crippen LogP contribution < -0.4 is 0 Å². The van der Waals surface area contributed by atoms with E-state index in [4.69, 9.17) is 0 Å². The molecule has 18 heavy (non-hydrogen) atoms. The van der Waals surface area contributed by atoms with Gasteiger partial charge in [-0.2, -0.15) is 5.26 Å². The quantitative estimate of drug-likeness (QED) is 0.828. The molecule has 0 saturated heterocycles. The number of hydrogen-bond donors (Lipinski definition) is 1. The Morgan fingerprint density at radius 2 is 2.11 bits per heavy atom. The summed E-state index contributed by atoms with van der Waals surface area (Å²) < 4.78 is 0. The number of benzene rings is 1. The number of para-hydroxylation sites is 1. The molecule has 1 saturated carbocycles. The van der Waals surface area contributed by atoms with E-state index < -0.39 is 0 Å². The summed E-state index contributed by atoms with van der Waals surface area (Å²) in [6, 6.07) is 11.6. The largest absolute Gasteiger partial charge is 0.357 e. The summed E-state index contributed by atoms with van der Waals surface area (Å²) in [5.74, 6) is 0.00162. The molecule has 1 unspecified atom stereocenters. The van der Waals surface area contributed by atoms with Gasteiger partial charge in [0.15, 0.2) is 0 Å². The van der Waals surface area contributed by atoms with Gasteiger partial charge in [0.2, 0.25) is 0 Å². The number of aromatic nitrogens is 1. The molecule has 1 aromatic carbocycles. The summed E-state index contributed by atoms with van der Waals surface area (Å²) in [5, 5.41) is 10.7. The molecule has 4 rings (SSSR count). The number of aromatic amines is 1. The molecule has 1 aromatic heterocycles. The first kappa shape index (κ1) is 10.2. The van der Waals surface area contributed by atoms with Crippen LogP contribution in [0.15, 0.2) is 24.3 Å². The van der Waals surface area contributed by atoms with Gasteiger partial charge in [-0.25, -0.2) is 0 Å². The van der Waals surface area contributed by atoms with E-state index in [2.05, 4.69) is 34.2 Å². The van der Waals surface area contributed by atoms with Gasteiger partial charge in [0.25, 0.3) is 0 Å². The maximum Gasteiger partial charge on any atom is 0.0992 e. The van der Waals surface area contributed by atoms with Crippen LogP contribution in [-0.2, 0) is 6.54 Å². The first-order valence-electron chi connectivity index (χ1n) is 6.60. The fraction of sp³-hybridized carbons (Fsp3) is 0.400. The Kier molecular flexibility index (Phi) is 2.03. The van der Waals surface area contributed by atoms with E-state index in [1.54, 1.807) is 0 Å². The zero-order valence-corrected chi connectivity index (χ0v) is 10.2. The molecular formula is C15H15N3. The Bertz CT molecular complexity index is 645. The Morgan fingerprint density at radius 1 is 1.28 bits per heavy atom. The van der Waals surface area contributed by atoms with E-state index in [0.29, 0.717) is 0 Å². The molecule has 0 spiro atoms. The highest BCUT2D eigenvalue weighted by molar-refractivity contribution is 5.85. The monoisotopic (exact) mass is 237 g/mol. The van der Waals surface area contributed by atoms with Crippen LogP contribution in [0.3, 0.4) is 0 Å². The van der Waals surface area contributed by atoms with Crippen molar-refractivity contribution in [2.45, 2.75) is 31.3 Å². The minimum absolute atomic E-state index is 0.00162. The Labute approximate surface area is 106 Å². The van der Waals surface area contributed by atoms with Gasteiger partial charge in [-0.3, -0.25) is 4.90 Å². The average Bonchev–Trinajstić information content (AvgIpc) is 3.19. The lowest BCUT2D eigenvalue weighted by molar-refractivity contribution is 0.234. The normalized spacial score (nSPS) is 23.8. The Morgan fingerprint density at radius 3 is 2.89 bits per heavy atom. The van der Waals surface area contributed by atoms with Crippen LogP contribution in [0.4, 0.5) is 0 Å². The van der Waals surface area contributed by atoms with Crippen LogP contribution in [0, 0.1) is 11.3 Å². The molecule has 90 valence electrons. The lowest BCUT2D eigenvalue weighted by atomic mass is 9.96. The van der Waals surface area contributed by atoms with E-state index in [9.17, 15) is 5.26 Å². The summed E-state index contributed by atoms with van der Waals surface area (Å²) in [4.78, 5) is 5.93. The third-order valence-corrected chi connectivity index (χ3v) is 4.19. The van der Waals surface area contributed by atoms with Gasteiger partial charge in [0.05, 0.1) is 12.0 Å². The zero-order valence-electron chi connectivity index (χ0n) is 10.2. The van der Waals surface area contributed by atoms with E-state index in [-0.39, 0.29) is 5.92 Å². The van der Waals surface area contributed by atoms with Crippen LogP contribution in [-0.4, -0.2) is 22.5 Å². The minimum atomic E-state index is 0.00162. The number of fused-ring (bicyclic) bond motifs is 3. The first-order valence-corrected chi connectivity index (χ1v) is 6.60. The topological polar surface area (TPSA) is 42.8 Å². The van der Waals surface area contributed by atoms with Crippen molar-refractivity contribution in [3.8, 4) is 6.07 Å². The van der Waals surface area contributed by atoms with Crippen molar-refractivity contribution in [1.29, 1.82) is 5.26 Å². The molecule has 1 aliphatic heterocycles. The summed E-state index contributed by atoms with van der Waals surface area (Å²) in [7, 11) is 0. The summed E-state index contributed by atoms with van der Waals surface area (Å²) in [6.45, 7) is 1.89. The molecule has 1 N–H and O–H groups in total. The highest BCUT2D eigenvalue weighted by Gasteiger charge is 2.36. The van der Waals surface area contributed by atoms with Crippen molar-refractivity contribution in [2.24, 2.45) is 0 Å². The van der Waals surface area contributed by atoms with Crippen LogP contribution in [0.5, 0.6) is 0 Å². The van der Waals surface area contributed by atoms with E-state index in [0.717, 1.165) is 24.8 Å². The van der Waals surface area contributed by atoms with Crippen molar-refractivity contribution in [2.75, 3.05) is 6.54 Å². The van der Waals surface area contributed by atoms with Gasteiger partial charge >= 0.3 is 0 Å². The first-order chi connectivity index (χ1) is 8.86. The third-order valence-electron chi connectivity index (χ3n) is 4.19. The fourth-order valence-corrected chi connectivity index (χ4v) is 3.11. The number of nitrogens with one attached hydrogen (secondary N) is 1. The van der Waals surface area contributed by atoms with Crippen molar-refractivity contribution >= 4 is 10.9 Å². The van der Waals surface area contributed by atoms with Crippen molar-refractivity contribution in [1.82, 2.24) is 9.88 Å². The Balaban J connectivity index is 1.88. The molecule has 1 fully saturated rings. The summed E-state index contributed by atoms with van der Waals surface area (Å²) in [6.07, 6.45) is 2.60. The molecule has 1 atom stereocenters. The number of nitrogens with zero attached hydrogens (tertiary/aromatic N) is 2. The second kappa shape index (κ2) is 3.60. The predicted octanol–water partition coefficient (Wildman–Crippen LogP) is 2.75. The number of hydrogen-bond acceptors (Lipinski definition) is 2.